The molecule has 0 saturated heterocycles. The van der Waals surface area contributed by atoms with Gasteiger partial charge in [-0.3, -0.25) is 0 Å². The van der Waals surface area contributed by atoms with Gasteiger partial charge in [-0.05, 0) is 24.6 Å². The van der Waals surface area contributed by atoms with E-state index in [1.807, 2.05) is 19.1 Å². The van der Waals surface area contributed by atoms with Gasteiger partial charge in [0.25, 0.3) is 0 Å². The molecule has 13 heavy (non-hydrogen) atoms. The second-order valence-electron chi connectivity index (χ2n) is 2.94. The maximum Gasteiger partial charge on any atom is 0.137 e. The van der Waals surface area contributed by atoms with E-state index in [0.29, 0.717) is 6.54 Å². The third-order valence-electron chi connectivity index (χ3n) is 1.98. The van der Waals surface area contributed by atoms with Crippen LogP contribution in [-0.2, 0) is 6.54 Å². The van der Waals surface area contributed by atoms with Crippen molar-refractivity contribution in [2.24, 2.45) is 5.73 Å². The van der Waals surface area contributed by atoms with E-state index in [1.54, 1.807) is 12.5 Å². The normalized spacial score (nSPS) is 10.6. The minimum Gasteiger partial charge on any atom is -0.472 e. The van der Waals surface area contributed by atoms with Crippen LogP contribution in [0.1, 0.15) is 11.3 Å². The minimum absolute atomic E-state index is 0.427. The fourth-order valence-corrected chi connectivity index (χ4v) is 1.25. The Morgan fingerprint density at radius 3 is 2.69 bits per heavy atom. The van der Waals surface area contributed by atoms with Crippen LogP contribution in [0.15, 0.2) is 33.5 Å². The van der Waals surface area contributed by atoms with E-state index in [4.69, 9.17) is 14.6 Å². The lowest BCUT2D eigenvalue weighted by atomic mass is 10.2. The molecule has 2 aromatic rings. The molecule has 0 fully saturated rings. The van der Waals surface area contributed by atoms with Gasteiger partial charge in [-0.2, -0.15) is 0 Å². The van der Waals surface area contributed by atoms with Crippen LogP contribution in [0.5, 0.6) is 0 Å². The second-order valence-corrected chi connectivity index (χ2v) is 2.94. The first-order chi connectivity index (χ1) is 6.31. The van der Waals surface area contributed by atoms with Crippen molar-refractivity contribution in [2.45, 2.75) is 13.5 Å². The van der Waals surface area contributed by atoms with Crippen LogP contribution >= 0.6 is 0 Å². The number of aryl methyl sites for hydroxylation is 1. The molecule has 0 radical (unpaired) electrons. The monoisotopic (exact) mass is 177 g/mol. The predicted octanol–water partition coefficient (Wildman–Crippen LogP) is 2.31. The average molecular weight is 177 g/mol. The van der Waals surface area contributed by atoms with Crippen molar-refractivity contribution in [1.82, 2.24) is 0 Å². The summed E-state index contributed by atoms with van der Waals surface area (Å²) in [4.78, 5) is 0. The van der Waals surface area contributed by atoms with Crippen LogP contribution in [0.4, 0.5) is 0 Å². The highest BCUT2D eigenvalue weighted by Gasteiger charge is 2.07. The molecule has 0 amide bonds. The number of rotatable bonds is 2. The van der Waals surface area contributed by atoms with E-state index < -0.39 is 0 Å². The summed E-state index contributed by atoms with van der Waals surface area (Å²) in [5.74, 6) is 1.60. The van der Waals surface area contributed by atoms with Gasteiger partial charge in [0.2, 0.25) is 0 Å². The summed E-state index contributed by atoms with van der Waals surface area (Å²) in [6.45, 7) is 2.40. The van der Waals surface area contributed by atoms with Gasteiger partial charge in [-0.1, -0.05) is 0 Å². The summed E-state index contributed by atoms with van der Waals surface area (Å²) in [7, 11) is 0. The number of hydrogen-bond acceptors (Lipinski definition) is 3. The summed E-state index contributed by atoms with van der Waals surface area (Å²) in [5, 5.41) is 0. The van der Waals surface area contributed by atoms with E-state index in [9.17, 15) is 0 Å². The molecule has 2 aromatic heterocycles. The maximum atomic E-state index is 5.47. The molecule has 0 aliphatic carbocycles. The van der Waals surface area contributed by atoms with Crippen molar-refractivity contribution < 1.29 is 8.83 Å². The van der Waals surface area contributed by atoms with E-state index in [1.165, 1.54) is 0 Å². The smallest absolute Gasteiger partial charge is 0.137 e. The van der Waals surface area contributed by atoms with E-state index >= 15 is 0 Å². The van der Waals surface area contributed by atoms with E-state index in [2.05, 4.69) is 0 Å². The summed E-state index contributed by atoms with van der Waals surface area (Å²) >= 11 is 0. The standard InChI is InChI=1S/C10H11NO2/c1-7-5-12-6-9(7)10-3-2-8(4-11)13-10/h2-3,5-6H,4,11H2,1H3. The second kappa shape index (κ2) is 3.11. The lowest BCUT2D eigenvalue weighted by Gasteiger charge is -1.92. The topological polar surface area (TPSA) is 52.3 Å². The largest absolute Gasteiger partial charge is 0.472 e. The Balaban J connectivity index is 2.41. The molecular formula is C10H11NO2. The first-order valence-electron chi connectivity index (χ1n) is 4.13. The van der Waals surface area contributed by atoms with Crippen molar-refractivity contribution in [3.05, 3.63) is 36.0 Å². The van der Waals surface area contributed by atoms with Gasteiger partial charge in [-0.25, -0.2) is 0 Å². The molecule has 68 valence electrons. The molecule has 2 N–H and O–H groups in total. The van der Waals surface area contributed by atoms with Gasteiger partial charge in [0.05, 0.1) is 18.4 Å². The SMILES string of the molecule is Cc1cocc1-c1ccc(CN)o1. The van der Waals surface area contributed by atoms with Gasteiger partial charge in [0.15, 0.2) is 0 Å². The molecule has 2 rings (SSSR count). The fraction of sp³-hybridized carbons (Fsp3) is 0.200. The highest BCUT2D eigenvalue weighted by Crippen LogP contribution is 2.25. The van der Waals surface area contributed by atoms with Crippen molar-refractivity contribution in [3.63, 3.8) is 0 Å². The van der Waals surface area contributed by atoms with Gasteiger partial charge < -0.3 is 14.6 Å². The van der Waals surface area contributed by atoms with E-state index in [-0.39, 0.29) is 0 Å². The quantitative estimate of drug-likeness (QED) is 0.765. The zero-order chi connectivity index (χ0) is 9.26. The van der Waals surface area contributed by atoms with Crippen LogP contribution in [-0.4, -0.2) is 0 Å². The molecule has 3 heteroatoms. The lowest BCUT2D eigenvalue weighted by molar-refractivity contribution is 0.522. The van der Waals surface area contributed by atoms with Gasteiger partial charge in [0, 0.05) is 0 Å². The number of nitrogens with two attached hydrogens (primary N) is 1. The molecule has 0 spiro atoms. The summed E-state index contributed by atoms with van der Waals surface area (Å²) < 4.78 is 10.5. The molecule has 0 atom stereocenters. The van der Waals surface area contributed by atoms with Crippen LogP contribution in [0.2, 0.25) is 0 Å². The van der Waals surface area contributed by atoms with Crippen molar-refractivity contribution >= 4 is 0 Å². The Bertz CT molecular complexity index is 400. The van der Waals surface area contributed by atoms with Crippen LogP contribution < -0.4 is 5.73 Å². The lowest BCUT2D eigenvalue weighted by Crippen LogP contribution is -1.92. The molecule has 0 saturated carbocycles. The first-order valence-corrected chi connectivity index (χ1v) is 4.13. The van der Waals surface area contributed by atoms with Crippen LogP contribution in [0, 0.1) is 6.92 Å². The molecule has 0 unspecified atom stereocenters. The van der Waals surface area contributed by atoms with Crippen molar-refractivity contribution in [1.29, 1.82) is 0 Å². The first kappa shape index (κ1) is 8.13. The fourth-order valence-electron chi connectivity index (χ4n) is 1.25. The van der Waals surface area contributed by atoms with Crippen molar-refractivity contribution in [3.8, 4) is 11.3 Å². The van der Waals surface area contributed by atoms with Crippen molar-refractivity contribution in [2.75, 3.05) is 0 Å². The highest BCUT2D eigenvalue weighted by atomic mass is 16.3. The molecule has 0 aliphatic rings. The third-order valence-corrected chi connectivity index (χ3v) is 1.98. The van der Waals surface area contributed by atoms with Crippen LogP contribution in [0.25, 0.3) is 11.3 Å². The zero-order valence-electron chi connectivity index (χ0n) is 7.41. The molecule has 0 aliphatic heterocycles. The number of furan rings is 2. The predicted molar refractivity (Wildman–Crippen MR) is 49.0 cm³/mol. The molecule has 2 heterocycles. The Labute approximate surface area is 76.1 Å². The Morgan fingerprint density at radius 2 is 2.15 bits per heavy atom. The number of hydrogen-bond donors (Lipinski definition) is 1. The molecule has 0 bridgehead atoms. The molecule has 0 aromatic carbocycles. The summed E-state index contributed by atoms with van der Waals surface area (Å²) in [6.07, 6.45) is 3.37. The Kier molecular flexibility index (Phi) is 1.94. The van der Waals surface area contributed by atoms with Gasteiger partial charge in [-0.15, -0.1) is 0 Å². The van der Waals surface area contributed by atoms with Gasteiger partial charge >= 0.3 is 0 Å². The summed E-state index contributed by atoms with van der Waals surface area (Å²) in [6, 6.07) is 3.78. The van der Waals surface area contributed by atoms with E-state index in [0.717, 1.165) is 22.6 Å². The maximum absolute atomic E-state index is 5.47. The van der Waals surface area contributed by atoms with Gasteiger partial charge in [0.1, 0.15) is 17.8 Å². The highest BCUT2D eigenvalue weighted by molar-refractivity contribution is 5.60. The van der Waals surface area contributed by atoms with Crippen LogP contribution in [0.3, 0.4) is 0 Å². The molecular weight excluding hydrogens is 166 g/mol. The third kappa shape index (κ3) is 1.38. The Morgan fingerprint density at radius 1 is 1.31 bits per heavy atom. The molecule has 3 nitrogen and oxygen atoms in total. The minimum atomic E-state index is 0.427. The zero-order valence-corrected chi connectivity index (χ0v) is 7.41. The summed E-state index contributed by atoms with van der Waals surface area (Å²) in [5.41, 5.74) is 7.49. The average Bonchev–Trinajstić information content (AvgIpc) is 2.71. The Hall–Kier alpha value is -1.48.